The Morgan fingerprint density at radius 2 is 1.69 bits per heavy atom. The Labute approximate surface area is 169 Å². The van der Waals surface area contributed by atoms with Gasteiger partial charge in [0.1, 0.15) is 11.4 Å². The molecule has 0 saturated heterocycles. The molecule has 3 aromatic rings. The Kier molecular flexibility index (Phi) is 6.07. The van der Waals surface area contributed by atoms with Gasteiger partial charge in [0.25, 0.3) is 5.91 Å². The lowest BCUT2D eigenvalue weighted by Gasteiger charge is -2.15. The molecule has 7 heteroatoms. The van der Waals surface area contributed by atoms with E-state index in [4.69, 9.17) is 24.7 Å². The van der Waals surface area contributed by atoms with Gasteiger partial charge in [-0.15, -0.1) is 0 Å². The van der Waals surface area contributed by atoms with Gasteiger partial charge in [0.05, 0.1) is 33.6 Å². The van der Waals surface area contributed by atoms with E-state index >= 15 is 0 Å². The number of hydrogen-bond acceptors (Lipinski definition) is 6. The van der Waals surface area contributed by atoms with Crippen LogP contribution in [0.1, 0.15) is 23.8 Å². The van der Waals surface area contributed by atoms with Gasteiger partial charge in [-0.1, -0.05) is 6.92 Å². The number of nitrogens with two attached hydrogens (primary N) is 1. The molecule has 0 aliphatic carbocycles. The molecule has 152 valence electrons. The SMILES string of the molecule is CCCOc1ccc2c(-c3cc(OC)c(OC)c(OC)c3)nc(C(N)=O)cc2c1. The summed E-state index contributed by atoms with van der Waals surface area (Å²) in [5.41, 5.74) is 6.97. The fraction of sp³-hybridized carbons (Fsp3) is 0.273. The molecule has 0 aliphatic heterocycles. The van der Waals surface area contributed by atoms with Crippen molar-refractivity contribution < 1.29 is 23.7 Å². The zero-order valence-corrected chi connectivity index (χ0v) is 16.9. The molecule has 0 atom stereocenters. The number of amides is 1. The standard InChI is InChI=1S/C22H24N2O5/c1-5-8-29-15-6-7-16-13(9-15)10-17(22(23)25)24-20(16)14-11-18(26-2)21(28-4)19(12-14)27-3/h6-7,9-12H,5,8H2,1-4H3,(H2,23,25). The van der Waals surface area contributed by atoms with Crippen molar-refractivity contribution in [3.63, 3.8) is 0 Å². The summed E-state index contributed by atoms with van der Waals surface area (Å²) in [7, 11) is 4.63. The Balaban J connectivity index is 2.26. The molecule has 0 fully saturated rings. The number of aromatic nitrogens is 1. The fourth-order valence-corrected chi connectivity index (χ4v) is 3.11. The van der Waals surface area contributed by atoms with E-state index in [0.29, 0.717) is 35.1 Å². The molecule has 0 bridgehead atoms. The number of ether oxygens (including phenoxy) is 4. The largest absolute Gasteiger partial charge is 0.494 e. The van der Waals surface area contributed by atoms with Crippen molar-refractivity contribution in [3.05, 3.63) is 42.1 Å². The molecule has 0 radical (unpaired) electrons. The second kappa shape index (κ2) is 8.68. The summed E-state index contributed by atoms with van der Waals surface area (Å²) in [4.78, 5) is 16.4. The van der Waals surface area contributed by atoms with Gasteiger partial charge in [0.2, 0.25) is 5.75 Å². The molecule has 0 unspecified atom stereocenters. The lowest BCUT2D eigenvalue weighted by atomic mass is 10.0. The fourth-order valence-electron chi connectivity index (χ4n) is 3.11. The second-order valence-corrected chi connectivity index (χ2v) is 6.37. The second-order valence-electron chi connectivity index (χ2n) is 6.37. The quantitative estimate of drug-likeness (QED) is 0.622. The molecule has 0 spiro atoms. The first-order valence-electron chi connectivity index (χ1n) is 9.20. The van der Waals surface area contributed by atoms with Gasteiger partial charge in [-0.05, 0) is 48.2 Å². The summed E-state index contributed by atoms with van der Waals surface area (Å²) in [6.45, 7) is 2.65. The third-order valence-corrected chi connectivity index (χ3v) is 4.47. The number of hydrogen-bond donors (Lipinski definition) is 1. The van der Waals surface area contributed by atoms with Crippen LogP contribution in [-0.2, 0) is 0 Å². The number of carbonyl (C=O) groups excluding carboxylic acids is 1. The first-order valence-corrected chi connectivity index (χ1v) is 9.20. The van der Waals surface area contributed by atoms with E-state index in [1.165, 1.54) is 0 Å². The normalized spacial score (nSPS) is 10.6. The molecule has 1 aromatic heterocycles. The summed E-state index contributed by atoms with van der Waals surface area (Å²) < 4.78 is 22.0. The topological polar surface area (TPSA) is 92.9 Å². The number of nitrogens with zero attached hydrogens (tertiary/aromatic N) is 1. The average Bonchev–Trinajstić information content (AvgIpc) is 2.75. The van der Waals surface area contributed by atoms with Gasteiger partial charge >= 0.3 is 0 Å². The van der Waals surface area contributed by atoms with Crippen molar-refractivity contribution in [1.29, 1.82) is 0 Å². The van der Waals surface area contributed by atoms with Crippen molar-refractivity contribution >= 4 is 16.7 Å². The van der Waals surface area contributed by atoms with Gasteiger partial charge in [0, 0.05) is 10.9 Å². The van der Waals surface area contributed by atoms with Crippen LogP contribution in [0.25, 0.3) is 22.0 Å². The number of methoxy groups -OCH3 is 3. The first-order chi connectivity index (χ1) is 14.0. The van der Waals surface area contributed by atoms with Gasteiger partial charge < -0.3 is 24.7 Å². The van der Waals surface area contributed by atoms with Crippen molar-refractivity contribution in [1.82, 2.24) is 4.98 Å². The number of benzene rings is 2. The highest BCUT2D eigenvalue weighted by Crippen LogP contribution is 2.42. The lowest BCUT2D eigenvalue weighted by molar-refractivity contribution is 0.0996. The molecule has 2 N–H and O–H groups in total. The minimum Gasteiger partial charge on any atom is -0.494 e. The summed E-state index contributed by atoms with van der Waals surface area (Å²) in [6.07, 6.45) is 0.900. The third-order valence-electron chi connectivity index (χ3n) is 4.47. The summed E-state index contributed by atoms with van der Waals surface area (Å²) in [5.74, 6) is 1.56. The summed E-state index contributed by atoms with van der Waals surface area (Å²) in [5, 5.41) is 1.64. The molecular formula is C22H24N2O5. The molecule has 3 rings (SSSR count). The highest BCUT2D eigenvalue weighted by Gasteiger charge is 2.18. The minimum atomic E-state index is -0.611. The van der Waals surface area contributed by atoms with Gasteiger partial charge in [-0.2, -0.15) is 0 Å². The number of rotatable bonds is 8. The molecule has 7 nitrogen and oxygen atoms in total. The van der Waals surface area contributed by atoms with Crippen LogP contribution < -0.4 is 24.7 Å². The van der Waals surface area contributed by atoms with E-state index in [2.05, 4.69) is 4.98 Å². The van der Waals surface area contributed by atoms with Crippen LogP contribution in [0.5, 0.6) is 23.0 Å². The molecule has 29 heavy (non-hydrogen) atoms. The van der Waals surface area contributed by atoms with E-state index < -0.39 is 5.91 Å². The van der Waals surface area contributed by atoms with E-state index in [1.54, 1.807) is 39.5 Å². The summed E-state index contributed by atoms with van der Waals surface area (Å²) >= 11 is 0. The minimum absolute atomic E-state index is 0.161. The van der Waals surface area contributed by atoms with Crippen LogP contribution in [0, 0.1) is 0 Å². The van der Waals surface area contributed by atoms with Gasteiger partial charge in [0.15, 0.2) is 11.5 Å². The molecule has 1 heterocycles. The Bertz CT molecular complexity index is 1020. The van der Waals surface area contributed by atoms with Crippen molar-refractivity contribution in [3.8, 4) is 34.3 Å². The van der Waals surface area contributed by atoms with E-state index in [-0.39, 0.29) is 5.69 Å². The zero-order chi connectivity index (χ0) is 21.0. The van der Waals surface area contributed by atoms with Crippen LogP contribution in [0.15, 0.2) is 36.4 Å². The van der Waals surface area contributed by atoms with Gasteiger partial charge in [-0.3, -0.25) is 4.79 Å². The molecule has 0 saturated carbocycles. The maximum atomic E-state index is 11.9. The number of pyridine rings is 1. The Morgan fingerprint density at radius 1 is 1.00 bits per heavy atom. The van der Waals surface area contributed by atoms with Crippen LogP contribution >= 0.6 is 0 Å². The van der Waals surface area contributed by atoms with Crippen molar-refractivity contribution in [2.24, 2.45) is 5.73 Å². The highest BCUT2D eigenvalue weighted by atomic mass is 16.5. The number of primary amides is 1. The zero-order valence-electron chi connectivity index (χ0n) is 16.9. The first kappa shape index (κ1) is 20.3. The predicted octanol–water partition coefficient (Wildman–Crippen LogP) is 3.82. The summed E-state index contributed by atoms with van der Waals surface area (Å²) in [6, 6.07) is 10.9. The van der Waals surface area contributed by atoms with Crippen LogP contribution in [-0.4, -0.2) is 38.8 Å². The van der Waals surface area contributed by atoms with Crippen molar-refractivity contribution in [2.75, 3.05) is 27.9 Å². The van der Waals surface area contributed by atoms with Crippen molar-refractivity contribution in [2.45, 2.75) is 13.3 Å². The lowest BCUT2D eigenvalue weighted by Crippen LogP contribution is -2.13. The molecule has 0 aliphatic rings. The smallest absolute Gasteiger partial charge is 0.267 e. The number of carbonyl (C=O) groups is 1. The highest BCUT2D eigenvalue weighted by molar-refractivity contribution is 6.01. The monoisotopic (exact) mass is 396 g/mol. The molecular weight excluding hydrogens is 372 g/mol. The maximum absolute atomic E-state index is 11.9. The van der Waals surface area contributed by atoms with Crippen LogP contribution in [0.3, 0.4) is 0 Å². The molecule has 2 aromatic carbocycles. The van der Waals surface area contributed by atoms with Crippen LogP contribution in [0.2, 0.25) is 0 Å². The maximum Gasteiger partial charge on any atom is 0.267 e. The molecule has 1 amide bonds. The number of fused-ring (bicyclic) bond motifs is 1. The van der Waals surface area contributed by atoms with Crippen LogP contribution in [0.4, 0.5) is 0 Å². The average molecular weight is 396 g/mol. The van der Waals surface area contributed by atoms with E-state index in [1.807, 2.05) is 25.1 Å². The Morgan fingerprint density at radius 3 is 2.24 bits per heavy atom. The van der Waals surface area contributed by atoms with E-state index in [0.717, 1.165) is 22.9 Å². The Hall–Kier alpha value is -3.48. The van der Waals surface area contributed by atoms with Gasteiger partial charge in [-0.25, -0.2) is 4.98 Å². The van der Waals surface area contributed by atoms with E-state index in [9.17, 15) is 4.79 Å². The third kappa shape index (κ3) is 4.03. The predicted molar refractivity (Wildman–Crippen MR) is 111 cm³/mol.